The van der Waals surface area contributed by atoms with E-state index in [1.54, 1.807) is 0 Å². The number of benzene rings is 1. The van der Waals surface area contributed by atoms with Crippen molar-refractivity contribution in [3.63, 3.8) is 0 Å². The topological polar surface area (TPSA) is 64.4 Å². The van der Waals surface area contributed by atoms with Crippen LogP contribution >= 0.6 is 0 Å². The zero-order valence-electron chi connectivity index (χ0n) is 10.8. The molecule has 1 aliphatic rings. The first-order chi connectivity index (χ1) is 9.11. The molecule has 0 aliphatic carbocycles. The van der Waals surface area contributed by atoms with Crippen LogP contribution in [0.15, 0.2) is 18.2 Å². The second kappa shape index (κ2) is 5.97. The molecule has 1 fully saturated rings. The van der Waals surface area contributed by atoms with Crippen LogP contribution in [0.3, 0.4) is 0 Å². The Morgan fingerprint density at radius 3 is 3.00 bits per heavy atom. The Morgan fingerprint density at radius 1 is 1.63 bits per heavy atom. The SMILES string of the molecule is CCC(Nc1ccc(F)cc1[N+](=O)[O-])C1CCCO1. The van der Waals surface area contributed by atoms with Crippen LogP contribution in [0, 0.1) is 15.9 Å². The molecule has 0 bridgehead atoms. The molecule has 19 heavy (non-hydrogen) atoms. The number of nitrogens with one attached hydrogen (secondary N) is 1. The average molecular weight is 268 g/mol. The highest BCUT2D eigenvalue weighted by Crippen LogP contribution is 2.28. The lowest BCUT2D eigenvalue weighted by molar-refractivity contribution is -0.384. The molecule has 104 valence electrons. The van der Waals surface area contributed by atoms with Gasteiger partial charge in [0.1, 0.15) is 11.5 Å². The molecule has 0 radical (unpaired) electrons. The van der Waals surface area contributed by atoms with Gasteiger partial charge in [-0.1, -0.05) is 6.92 Å². The Bertz CT molecular complexity index is 461. The maximum absolute atomic E-state index is 13.1. The second-order valence-electron chi connectivity index (χ2n) is 4.63. The van der Waals surface area contributed by atoms with Crippen molar-refractivity contribution < 1.29 is 14.1 Å². The van der Waals surface area contributed by atoms with Gasteiger partial charge >= 0.3 is 0 Å². The minimum atomic E-state index is -0.609. The van der Waals surface area contributed by atoms with E-state index in [4.69, 9.17) is 4.74 Å². The van der Waals surface area contributed by atoms with Crippen LogP contribution in [0.2, 0.25) is 0 Å². The summed E-state index contributed by atoms with van der Waals surface area (Å²) < 4.78 is 18.7. The molecule has 0 saturated carbocycles. The fourth-order valence-electron chi connectivity index (χ4n) is 2.36. The lowest BCUT2D eigenvalue weighted by Crippen LogP contribution is -2.32. The van der Waals surface area contributed by atoms with E-state index in [-0.39, 0.29) is 17.8 Å². The maximum atomic E-state index is 13.1. The van der Waals surface area contributed by atoms with Gasteiger partial charge in [0.25, 0.3) is 5.69 Å². The van der Waals surface area contributed by atoms with E-state index in [1.165, 1.54) is 12.1 Å². The summed E-state index contributed by atoms with van der Waals surface area (Å²) in [6.07, 6.45) is 2.81. The Hall–Kier alpha value is -1.69. The Morgan fingerprint density at radius 2 is 2.42 bits per heavy atom. The zero-order valence-corrected chi connectivity index (χ0v) is 10.8. The summed E-state index contributed by atoms with van der Waals surface area (Å²) in [4.78, 5) is 10.4. The van der Waals surface area contributed by atoms with Gasteiger partial charge in [-0.25, -0.2) is 4.39 Å². The highest BCUT2D eigenvalue weighted by Gasteiger charge is 2.26. The van der Waals surface area contributed by atoms with Gasteiger partial charge in [-0.3, -0.25) is 10.1 Å². The summed E-state index contributed by atoms with van der Waals surface area (Å²) in [6.45, 7) is 2.73. The standard InChI is InChI=1S/C13H17FN2O3/c1-2-10(13-4-3-7-19-13)15-11-6-5-9(14)8-12(11)16(17)18/h5-6,8,10,13,15H,2-4,7H2,1H3. The number of hydrogen-bond acceptors (Lipinski definition) is 4. The third kappa shape index (κ3) is 3.20. The molecule has 2 rings (SSSR count). The minimum Gasteiger partial charge on any atom is -0.376 e. The number of nitrogens with zero attached hydrogens (tertiary/aromatic N) is 1. The van der Waals surface area contributed by atoms with Gasteiger partial charge in [0, 0.05) is 6.61 Å². The van der Waals surface area contributed by atoms with E-state index in [1.807, 2.05) is 6.92 Å². The molecule has 1 saturated heterocycles. The van der Waals surface area contributed by atoms with Gasteiger partial charge in [-0.2, -0.15) is 0 Å². The molecule has 6 heteroatoms. The molecule has 2 atom stereocenters. The molecule has 1 aliphatic heterocycles. The highest BCUT2D eigenvalue weighted by atomic mass is 19.1. The molecule has 5 nitrogen and oxygen atoms in total. The molecule has 2 unspecified atom stereocenters. The molecular formula is C13H17FN2O3. The normalized spacial score (nSPS) is 20.2. The molecule has 1 N–H and O–H groups in total. The molecule has 0 aromatic heterocycles. The number of ether oxygens (including phenoxy) is 1. The highest BCUT2D eigenvalue weighted by molar-refractivity contribution is 5.62. The van der Waals surface area contributed by atoms with Crippen LogP contribution < -0.4 is 5.32 Å². The van der Waals surface area contributed by atoms with Crippen molar-refractivity contribution in [3.05, 3.63) is 34.1 Å². The van der Waals surface area contributed by atoms with Gasteiger partial charge in [0.05, 0.1) is 23.1 Å². The monoisotopic (exact) mass is 268 g/mol. The van der Waals surface area contributed by atoms with Crippen molar-refractivity contribution in [2.24, 2.45) is 0 Å². The number of hydrogen-bond donors (Lipinski definition) is 1. The average Bonchev–Trinajstić information content (AvgIpc) is 2.90. The number of anilines is 1. The molecule has 1 aromatic rings. The number of halogens is 1. The fraction of sp³-hybridized carbons (Fsp3) is 0.538. The van der Waals surface area contributed by atoms with Crippen molar-refractivity contribution in [2.75, 3.05) is 11.9 Å². The van der Waals surface area contributed by atoms with Gasteiger partial charge in [0.2, 0.25) is 0 Å². The predicted octanol–water partition coefficient (Wildman–Crippen LogP) is 3.10. The van der Waals surface area contributed by atoms with Crippen molar-refractivity contribution >= 4 is 11.4 Å². The van der Waals surface area contributed by atoms with Crippen LogP contribution in [0.1, 0.15) is 26.2 Å². The van der Waals surface area contributed by atoms with Crippen molar-refractivity contribution in [1.29, 1.82) is 0 Å². The van der Waals surface area contributed by atoms with Crippen molar-refractivity contribution in [1.82, 2.24) is 0 Å². The summed E-state index contributed by atoms with van der Waals surface area (Å²) in [5.74, 6) is -0.609. The van der Waals surface area contributed by atoms with Crippen molar-refractivity contribution in [3.8, 4) is 0 Å². The van der Waals surface area contributed by atoms with Crippen molar-refractivity contribution in [2.45, 2.75) is 38.3 Å². The summed E-state index contributed by atoms with van der Waals surface area (Å²) in [5, 5.41) is 14.0. The first kappa shape index (κ1) is 13.7. The molecular weight excluding hydrogens is 251 g/mol. The van der Waals surface area contributed by atoms with Gasteiger partial charge in [-0.05, 0) is 31.4 Å². The summed E-state index contributed by atoms with van der Waals surface area (Å²) >= 11 is 0. The smallest absolute Gasteiger partial charge is 0.295 e. The minimum absolute atomic E-state index is 0.00617. The van der Waals surface area contributed by atoms with Gasteiger partial charge in [-0.15, -0.1) is 0 Å². The van der Waals surface area contributed by atoms with Crippen LogP contribution in [0.5, 0.6) is 0 Å². The van der Waals surface area contributed by atoms with E-state index in [2.05, 4.69) is 5.32 Å². The first-order valence-electron chi connectivity index (χ1n) is 6.44. The van der Waals surface area contributed by atoms with E-state index >= 15 is 0 Å². The fourth-order valence-corrected chi connectivity index (χ4v) is 2.36. The number of nitro benzene ring substituents is 1. The van der Waals surface area contributed by atoms with Gasteiger partial charge in [0.15, 0.2) is 0 Å². The molecule has 0 amide bonds. The number of nitro groups is 1. The zero-order chi connectivity index (χ0) is 13.8. The quantitative estimate of drug-likeness (QED) is 0.658. The predicted molar refractivity (Wildman–Crippen MR) is 69.7 cm³/mol. The van der Waals surface area contributed by atoms with Crippen LogP contribution in [0.4, 0.5) is 15.8 Å². The summed E-state index contributed by atoms with van der Waals surface area (Å²) in [5.41, 5.74) is 0.102. The Labute approximate surface area is 110 Å². The third-order valence-corrected chi connectivity index (χ3v) is 3.35. The third-order valence-electron chi connectivity index (χ3n) is 3.35. The Balaban J connectivity index is 2.18. The first-order valence-corrected chi connectivity index (χ1v) is 6.44. The van der Waals surface area contributed by atoms with Crippen LogP contribution in [0.25, 0.3) is 0 Å². The summed E-state index contributed by atoms with van der Waals surface area (Å²) in [7, 11) is 0. The van der Waals surface area contributed by atoms with E-state index in [9.17, 15) is 14.5 Å². The lowest BCUT2D eigenvalue weighted by atomic mass is 10.0. The van der Waals surface area contributed by atoms with E-state index in [0.717, 1.165) is 31.9 Å². The Kier molecular flexibility index (Phi) is 4.31. The molecule has 1 aromatic carbocycles. The largest absolute Gasteiger partial charge is 0.376 e. The molecule has 1 heterocycles. The van der Waals surface area contributed by atoms with E-state index in [0.29, 0.717) is 5.69 Å². The van der Waals surface area contributed by atoms with Gasteiger partial charge < -0.3 is 10.1 Å². The molecule has 0 spiro atoms. The van der Waals surface area contributed by atoms with E-state index < -0.39 is 10.7 Å². The number of rotatable bonds is 5. The lowest BCUT2D eigenvalue weighted by Gasteiger charge is -2.23. The van der Waals surface area contributed by atoms with Crippen LogP contribution in [-0.2, 0) is 4.74 Å². The maximum Gasteiger partial charge on any atom is 0.295 e. The second-order valence-corrected chi connectivity index (χ2v) is 4.63. The van der Waals surface area contributed by atoms with Crippen LogP contribution in [-0.4, -0.2) is 23.7 Å². The summed E-state index contributed by atoms with van der Waals surface area (Å²) in [6, 6.07) is 3.57.